The van der Waals surface area contributed by atoms with Gasteiger partial charge >= 0.3 is 5.92 Å². The van der Waals surface area contributed by atoms with Crippen LogP contribution in [0.2, 0.25) is 10.0 Å². The van der Waals surface area contributed by atoms with E-state index in [2.05, 4.69) is 0 Å². The summed E-state index contributed by atoms with van der Waals surface area (Å²) in [6.07, 6.45) is 1.85. The number of aromatic nitrogens is 1. The molecule has 132 valence electrons. The molecule has 0 saturated heterocycles. The Kier molecular flexibility index (Phi) is 5.07. The van der Waals surface area contributed by atoms with E-state index in [1.165, 1.54) is 0 Å². The highest BCUT2D eigenvalue weighted by Gasteiger charge is 2.28. The van der Waals surface area contributed by atoms with Crippen molar-refractivity contribution in [1.29, 1.82) is 0 Å². The van der Waals surface area contributed by atoms with Crippen molar-refractivity contribution in [3.8, 4) is 0 Å². The summed E-state index contributed by atoms with van der Waals surface area (Å²) in [4.78, 5) is 0. The molecule has 0 spiro atoms. The zero-order valence-corrected chi connectivity index (χ0v) is 16.0. The van der Waals surface area contributed by atoms with Crippen LogP contribution in [0.5, 0.6) is 0 Å². The van der Waals surface area contributed by atoms with Crippen molar-refractivity contribution in [3.05, 3.63) is 63.3 Å². The largest absolute Gasteiger partial charge is 0.406 e. The first-order chi connectivity index (χ1) is 11.7. The van der Waals surface area contributed by atoms with Crippen LogP contribution < -0.4 is 5.30 Å². The quantitative estimate of drug-likeness (QED) is 0.443. The van der Waals surface area contributed by atoms with E-state index in [1.54, 1.807) is 18.2 Å². The number of hydrogen-bond acceptors (Lipinski definition) is 0. The first-order valence-electron chi connectivity index (χ1n) is 7.53. The Morgan fingerprint density at radius 3 is 2.44 bits per heavy atom. The molecule has 1 atom stereocenters. The van der Waals surface area contributed by atoms with E-state index in [0.29, 0.717) is 21.9 Å². The predicted molar refractivity (Wildman–Crippen MR) is 101 cm³/mol. The van der Waals surface area contributed by atoms with Crippen molar-refractivity contribution in [2.24, 2.45) is 0 Å². The fourth-order valence-electron chi connectivity index (χ4n) is 2.97. The number of nitrogens with zero attached hydrogens (tertiary/aromatic N) is 1. The van der Waals surface area contributed by atoms with Gasteiger partial charge in [0.05, 0.1) is 12.1 Å². The van der Waals surface area contributed by atoms with Gasteiger partial charge in [0.2, 0.25) is 0 Å². The Morgan fingerprint density at radius 2 is 1.76 bits per heavy atom. The van der Waals surface area contributed by atoms with E-state index in [9.17, 15) is 13.2 Å². The molecule has 0 aliphatic rings. The van der Waals surface area contributed by atoms with Gasteiger partial charge in [0, 0.05) is 35.8 Å². The number of aryl methyl sites for hydroxylation is 2. The van der Waals surface area contributed by atoms with Gasteiger partial charge in [0.1, 0.15) is 0 Å². The summed E-state index contributed by atoms with van der Waals surface area (Å²) in [5.74, 6) is -4.19. The topological polar surface area (TPSA) is 4.93 Å². The highest BCUT2D eigenvalue weighted by molar-refractivity contribution is 7.48. The number of halogens is 5. The van der Waals surface area contributed by atoms with Gasteiger partial charge in [0.25, 0.3) is 0 Å². The van der Waals surface area contributed by atoms with Gasteiger partial charge in [0.15, 0.2) is 0 Å². The summed E-state index contributed by atoms with van der Waals surface area (Å²) in [6, 6.07) is 8.69. The average molecular weight is 404 g/mol. The monoisotopic (exact) mass is 403 g/mol. The van der Waals surface area contributed by atoms with Crippen molar-refractivity contribution < 1.29 is 13.2 Å². The third-order valence-corrected chi connectivity index (χ3v) is 5.79. The fraction of sp³-hybridized carbons (Fsp3) is 0.222. The molecule has 3 aromatic rings. The van der Waals surface area contributed by atoms with Crippen molar-refractivity contribution in [2.45, 2.75) is 26.3 Å². The maximum Gasteiger partial charge on any atom is 0.406 e. The van der Waals surface area contributed by atoms with Gasteiger partial charge in [-0.3, -0.25) is 0 Å². The third-order valence-electron chi connectivity index (χ3n) is 4.04. The van der Waals surface area contributed by atoms with Gasteiger partial charge in [-0.2, -0.15) is 13.2 Å². The maximum atomic E-state index is 12.7. The Labute approximate surface area is 155 Å². The van der Waals surface area contributed by atoms with E-state index in [-0.39, 0.29) is 0 Å². The molecule has 1 aromatic heterocycles. The molecule has 0 fully saturated rings. The second-order valence-electron chi connectivity index (χ2n) is 5.95. The van der Waals surface area contributed by atoms with Gasteiger partial charge in [-0.25, -0.2) is 0 Å². The van der Waals surface area contributed by atoms with Crippen LogP contribution in [0, 0.1) is 13.8 Å². The van der Waals surface area contributed by atoms with Gasteiger partial charge in [-0.15, -0.1) is 0 Å². The molecule has 1 heterocycles. The minimum atomic E-state index is -4.19. The van der Waals surface area contributed by atoms with E-state index in [0.717, 1.165) is 27.6 Å². The van der Waals surface area contributed by atoms with Crippen molar-refractivity contribution in [2.75, 3.05) is 0 Å². The molecule has 0 N–H and O–H groups in total. The van der Waals surface area contributed by atoms with Crippen LogP contribution in [0.3, 0.4) is 0 Å². The minimum Gasteiger partial charge on any atom is -0.343 e. The van der Waals surface area contributed by atoms with Crippen LogP contribution in [-0.4, -0.2) is 10.5 Å². The molecule has 0 aliphatic carbocycles. The Balaban J connectivity index is 2.04. The van der Waals surface area contributed by atoms with Gasteiger partial charge in [-0.05, 0) is 54.5 Å². The number of alkyl halides is 3. The van der Waals surface area contributed by atoms with Crippen molar-refractivity contribution >= 4 is 48.0 Å². The van der Waals surface area contributed by atoms with Crippen LogP contribution in [0.15, 0.2) is 36.5 Å². The molecule has 2 aromatic carbocycles. The second-order valence-corrected chi connectivity index (χ2v) is 8.13. The summed E-state index contributed by atoms with van der Waals surface area (Å²) >= 11 is 12.7. The van der Waals surface area contributed by atoms with E-state index in [1.807, 2.05) is 36.7 Å². The lowest BCUT2D eigenvalue weighted by Gasteiger charge is -2.14. The summed E-state index contributed by atoms with van der Waals surface area (Å²) in [5.41, 5.74) is 3.43. The lowest BCUT2D eigenvalue weighted by atomic mass is 10.1. The van der Waals surface area contributed by atoms with Gasteiger partial charge < -0.3 is 4.57 Å². The molecule has 7 heteroatoms. The molecule has 1 nitrogen and oxygen atoms in total. The maximum absolute atomic E-state index is 12.7. The molecule has 0 aliphatic heterocycles. The smallest absolute Gasteiger partial charge is 0.343 e. The fourth-order valence-corrected chi connectivity index (χ4v) is 4.30. The number of benzene rings is 2. The van der Waals surface area contributed by atoms with E-state index < -0.39 is 14.5 Å². The molecule has 0 radical (unpaired) electrons. The Morgan fingerprint density at radius 1 is 1.04 bits per heavy atom. The first-order valence-corrected chi connectivity index (χ1v) is 9.29. The Hall–Kier alpha value is -1.22. The van der Waals surface area contributed by atoms with Crippen LogP contribution in [-0.2, 0) is 6.54 Å². The van der Waals surface area contributed by atoms with Gasteiger partial charge in [-0.1, -0.05) is 29.3 Å². The van der Waals surface area contributed by atoms with Crippen LogP contribution in [0.25, 0.3) is 10.9 Å². The van der Waals surface area contributed by atoms with Crippen LogP contribution >= 0.6 is 31.8 Å². The number of hydrogen-bond donors (Lipinski definition) is 0. The molecular weight excluding hydrogens is 389 g/mol. The highest BCUT2D eigenvalue weighted by Crippen LogP contribution is 2.37. The predicted octanol–water partition coefficient (Wildman–Crippen LogP) is 6.44. The van der Waals surface area contributed by atoms with Crippen molar-refractivity contribution in [3.63, 3.8) is 0 Å². The highest BCUT2D eigenvalue weighted by atomic mass is 35.5. The lowest BCUT2D eigenvalue weighted by molar-refractivity contribution is -0.0359. The van der Waals surface area contributed by atoms with E-state index >= 15 is 0 Å². The Bertz CT molecular complexity index is 948. The van der Waals surface area contributed by atoms with Crippen LogP contribution in [0.4, 0.5) is 13.2 Å². The molecule has 0 bridgehead atoms. The molecular formula is C18H15Cl2F3NP. The summed E-state index contributed by atoms with van der Waals surface area (Å²) < 4.78 is 40.0. The molecule has 0 saturated carbocycles. The third kappa shape index (κ3) is 3.97. The molecule has 25 heavy (non-hydrogen) atoms. The number of rotatable bonds is 3. The minimum absolute atomic E-state index is 0.293. The normalized spacial score (nSPS) is 12.6. The molecule has 1 unspecified atom stereocenters. The zero-order chi connectivity index (χ0) is 18.4. The SMILES string of the molecule is Cc1ccc(Cl)c(Cn2ccc3cc(PC(F)(F)F)cc(C)c32)c1Cl. The first kappa shape index (κ1) is 18.6. The average Bonchev–Trinajstić information content (AvgIpc) is 2.89. The number of fused-ring (bicyclic) bond motifs is 1. The zero-order valence-electron chi connectivity index (χ0n) is 13.5. The standard InChI is InChI=1S/C18H15Cl2F3NP/c1-10-3-4-15(19)14(16(10)20)9-24-6-5-12-8-13(25-18(21,22)23)7-11(2)17(12)24/h3-8,25H,9H2,1-2H3. The second kappa shape index (κ2) is 6.83. The lowest BCUT2D eigenvalue weighted by Crippen LogP contribution is -2.08. The summed E-state index contributed by atoms with van der Waals surface area (Å²) in [6.45, 7) is 4.19. The summed E-state index contributed by atoms with van der Waals surface area (Å²) in [7, 11) is -1.20. The van der Waals surface area contributed by atoms with Crippen molar-refractivity contribution in [1.82, 2.24) is 4.57 Å². The molecule has 0 amide bonds. The van der Waals surface area contributed by atoms with Crippen LogP contribution in [0.1, 0.15) is 16.7 Å². The summed E-state index contributed by atoms with van der Waals surface area (Å²) in [5, 5.41) is 2.26. The molecule has 3 rings (SSSR count). The van der Waals surface area contributed by atoms with E-state index in [4.69, 9.17) is 23.2 Å².